The number of rotatable bonds is 15. The van der Waals surface area contributed by atoms with Gasteiger partial charge in [-0.15, -0.1) is 0 Å². The first kappa shape index (κ1) is 31.1. The molecule has 9 heteroatoms. The largest absolute Gasteiger partial charge is 0.382 e. The van der Waals surface area contributed by atoms with Gasteiger partial charge in [0, 0.05) is 24.7 Å². The summed E-state index contributed by atoms with van der Waals surface area (Å²) in [5.74, 6) is 1.09. The number of carbonyl (C=O) groups excluding carboxylic acids is 1. The zero-order valence-electron chi connectivity index (χ0n) is 26.1. The van der Waals surface area contributed by atoms with Crippen LogP contribution >= 0.6 is 0 Å². The fraction of sp³-hybridized carbons (Fsp3) is 0.371. The van der Waals surface area contributed by atoms with Crippen molar-refractivity contribution in [1.82, 2.24) is 19.5 Å². The third kappa shape index (κ3) is 7.23. The molecule has 4 N–H and O–H groups in total. The number of quaternary nitrogens is 1. The van der Waals surface area contributed by atoms with Crippen LogP contribution in [0.3, 0.4) is 0 Å². The van der Waals surface area contributed by atoms with Crippen molar-refractivity contribution in [2.24, 2.45) is 5.73 Å². The Labute approximate surface area is 259 Å². The van der Waals surface area contributed by atoms with Crippen molar-refractivity contribution in [2.75, 3.05) is 39.5 Å². The van der Waals surface area contributed by atoms with E-state index in [2.05, 4.69) is 47.7 Å². The van der Waals surface area contributed by atoms with Gasteiger partial charge >= 0.3 is 0 Å². The van der Waals surface area contributed by atoms with Crippen molar-refractivity contribution < 1.29 is 14.0 Å². The van der Waals surface area contributed by atoms with Gasteiger partial charge in [-0.2, -0.15) is 0 Å². The topological polar surface area (TPSA) is 122 Å². The number of nitrogens with two attached hydrogens (primary N) is 2. The summed E-state index contributed by atoms with van der Waals surface area (Å²) in [4.78, 5) is 25.7. The van der Waals surface area contributed by atoms with Crippen LogP contribution in [0, 0.1) is 0 Å². The molecule has 1 amide bonds. The predicted molar refractivity (Wildman–Crippen MR) is 176 cm³/mol. The van der Waals surface area contributed by atoms with Crippen LogP contribution in [0.1, 0.15) is 66.0 Å². The lowest BCUT2D eigenvalue weighted by atomic mass is 10.00. The number of likely N-dealkylation sites (N-methyl/N-ethyl adjacent to an activating group) is 1. The lowest BCUT2D eigenvalue weighted by molar-refractivity contribution is -0.891. The molecule has 0 radical (unpaired) electrons. The van der Waals surface area contributed by atoms with Gasteiger partial charge < -0.3 is 25.3 Å². The summed E-state index contributed by atoms with van der Waals surface area (Å²) in [6.45, 7) is 5.55. The number of fused-ring (bicyclic) bond motifs is 3. The van der Waals surface area contributed by atoms with Gasteiger partial charge in [-0.25, -0.2) is 9.97 Å². The number of benzene rings is 2. The Morgan fingerprint density at radius 3 is 2.39 bits per heavy atom. The van der Waals surface area contributed by atoms with Crippen LogP contribution in [0.2, 0.25) is 0 Å². The monoisotopic (exact) mass is 594 g/mol. The SMILES string of the molecule is CCCCc1nc2c(N)nc3cccnc3c2n1CCCC[N+](C)(C)CCOC(c1ccccc1)c1ccc(C(N)=O)cc1. The maximum absolute atomic E-state index is 11.6. The molecule has 5 rings (SSSR count). The molecule has 0 saturated carbocycles. The summed E-state index contributed by atoms with van der Waals surface area (Å²) in [6.07, 6.45) is 6.75. The van der Waals surface area contributed by atoms with Crippen molar-refractivity contribution >= 4 is 33.8 Å². The van der Waals surface area contributed by atoms with E-state index in [0.717, 1.165) is 95.2 Å². The quantitative estimate of drug-likeness (QED) is 0.119. The molecule has 3 aromatic heterocycles. The van der Waals surface area contributed by atoms with E-state index in [0.29, 0.717) is 18.0 Å². The van der Waals surface area contributed by atoms with Gasteiger partial charge in [-0.05, 0) is 54.7 Å². The highest BCUT2D eigenvalue weighted by atomic mass is 16.5. The maximum Gasteiger partial charge on any atom is 0.248 e. The third-order valence-electron chi connectivity index (χ3n) is 8.27. The second-order valence-electron chi connectivity index (χ2n) is 12.1. The molecule has 0 aliphatic heterocycles. The minimum atomic E-state index is -0.433. The van der Waals surface area contributed by atoms with E-state index in [1.54, 1.807) is 12.1 Å². The Hall–Kier alpha value is -4.34. The number of anilines is 1. The zero-order chi connectivity index (χ0) is 31.1. The minimum Gasteiger partial charge on any atom is -0.382 e. The zero-order valence-corrected chi connectivity index (χ0v) is 26.1. The lowest BCUT2D eigenvalue weighted by Crippen LogP contribution is -2.43. The number of carbonyl (C=O) groups is 1. The first-order chi connectivity index (χ1) is 21.3. The molecular weight excluding hydrogens is 550 g/mol. The number of amides is 1. The highest BCUT2D eigenvalue weighted by Gasteiger charge is 2.21. The number of aromatic nitrogens is 4. The number of nitrogens with zero attached hydrogens (tertiary/aromatic N) is 5. The molecular formula is C35H44N7O2+. The molecule has 0 fully saturated rings. The van der Waals surface area contributed by atoms with E-state index >= 15 is 0 Å². The number of aryl methyl sites for hydroxylation is 2. The molecule has 0 saturated heterocycles. The molecule has 5 aromatic rings. The lowest BCUT2D eigenvalue weighted by Gasteiger charge is -2.31. The van der Waals surface area contributed by atoms with E-state index in [4.69, 9.17) is 21.2 Å². The fourth-order valence-corrected chi connectivity index (χ4v) is 5.71. The summed E-state index contributed by atoms with van der Waals surface area (Å²) >= 11 is 0. The summed E-state index contributed by atoms with van der Waals surface area (Å²) in [7, 11) is 4.51. The van der Waals surface area contributed by atoms with Crippen molar-refractivity contribution in [1.29, 1.82) is 0 Å². The van der Waals surface area contributed by atoms with Gasteiger partial charge in [0.1, 0.15) is 35.0 Å². The Morgan fingerprint density at radius 2 is 1.66 bits per heavy atom. The summed E-state index contributed by atoms with van der Waals surface area (Å²) in [5.41, 5.74) is 17.8. The number of unbranched alkanes of at least 4 members (excludes halogenated alkanes) is 2. The highest BCUT2D eigenvalue weighted by molar-refractivity contribution is 6.04. The third-order valence-corrected chi connectivity index (χ3v) is 8.27. The number of ether oxygens (including phenoxy) is 1. The van der Waals surface area contributed by atoms with E-state index < -0.39 is 5.91 Å². The van der Waals surface area contributed by atoms with Crippen molar-refractivity contribution in [3.63, 3.8) is 0 Å². The number of hydrogen-bond donors (Lipinski definition) is 2. The van der Waals surface area contributed by atoms with E-state index in [9.17, 15) is 4.79 Å². The Morgan fingerprint density at radius 1 is 0.909 bits per heavy atom. The molecule has 230 valence electrons. The average Bonchev–Trinajstić information content (AvgIpc) is 3.40. The van der Waals surface area contributed by atoms with Crippen LogP contribution in [0.25, 0.3) is 22.1 Å². The van der Waals surface area contributed by atoms with Crippen LogP contribution in [0.5, 0.6) is 0 Å². The van der Waals surface area contributed by atoms with Crippen LogP contribution in [0.4, 0.5) is 5.82 Å². The van der Waals surface area contributed by atoms with Crippen molar-refractivity contribution in [3.8, 4) is 0 Å². The molecule has 0 aliphatic carbocycles. The van der Waals surface area contributed by atoms with E-state index in [1.165, 1.54) is 0 Å². The maximum atomic E-state index is 11.6. The van der Waals surface area contributed by atoms with Gasteiger partial charge in [0.25, 0.3) is 0 Å². The van der Waals surface area contributed by atoms with Gasteiger partial charge in [0.15, 0.2) is 5.82 Å². The standard InChI is InChI=1S/C35H43N7O2/c1-4-5-15-29-40-31-32(30-28(39-34(31)36)14-11-20-38-30)41(29)21-9-10-22-42(2,3)23-24-44-33(25-12-7-6-8-13-25)26-16-18-27(19-17-26)35(37)43/h6-8,11-14,16-20,33H,4-5,9-10,15,21-24H2,1-3H3,(H3-,36,37,39,43)/p+1. The first-order valence-electron chi connectivity index (χ1n) is 15.5. The Balaban J connectivity index is 1.22. The smallest absolute Gasteiger partial charge is 0.248 e. The number of nitrogen functional groups attached to an aromatic ring is 1. The number of imidazole rings is 1. The van der Waals surface area contributed by atoms with E-state index in [1.807, 2.05) is 48.7 Å². The molecule has 1 unspecified atom stereocenters. The summed E-state index contributed by atoms with van der Waals surface area (Å²) in [5, 5.41) is 0. The molecule has 1 atom stereocenters. The second kappa shape index (κ2) is 14.0. The van der Waals surface area contributed by atoms with Crippen LogP contribution in [-0.4, -0.2) is 63.7 Å². The van der Waals surface area contributed by atoms with Gasteiger partial charge in [0.05, 0.1) is 32.8 Å². The van der Waals surface area contributed by atoms with Crippen molar-refractivity contribution in [2.45, 2.75) is 51.7 Å². The van der Waals surface area contributed by atoms with E-state index in [-0.39, 0.29) is 6.10 Å². The molecule has 3 heterocycles. The molecule has 44 heavy (non-hydrogen) atoms. The second-order valence-corrected chi connectivity index (χ2v) is 12.1. The van der Waals surface area contributed by atoms with Gasteiger partial charge in [-0.1, -0.05) is 55.8 Å². The molecule has 0 aliphatic rings. The molecule has 0 bridgehead atoms. The van der Waals surface area contributed by atoms with Crippen LogP contribution < -0.4 is 11.5 Å². The normalized spacial score (nSPS) is 12.6. The molecule has 9 nitrogen and oxygen atoms in total. The summed E-state index contributed by atoms with van der Waals surface area (Å²) in [6, 6.07) is 21.4. The van der Waals surface area contributed by atoms with Gasteiger partial charge in [0.2, 0.25) is 5.91 Å². The summed E-state index contributed by atoms with van der Waals surface area (Å²) < 4.78 is 9.67. The number of hydrogen-bond acceptors (Lipinski definition) is 6. The van der Waals surface area contributed by atoms with Crippen LogP contribution in [-0.2, 0) is 17.7 Å². The number of primary amides is 1. The molecule has 2 aromatic carbocycles. The van der Waals surface area contributed by atoms with Crippen molar-refractivity contribution in [3.05, 3.63) is 95.4 Å². The van der Waals surface area contributed by atoms with Gasteiger partial charge in [-0.3, -0.25) is 9.78 Å². The fourth-order valence-electron chi connectivity index (χ4n) is 5.71. The Kier molecular flexibility index (Phi) is 9.87. The highest BCUT2D eigenvalue weighted by Crippen LogP contribution is 2.29. The molecule has 0 spiro atoms. The van der Waals surface area contributed by atoms with Crippen LogP contribution in [0.15, 0.2) is 72.9 Å². The average molecular weight is 595 g/mol. The predicted octanol–water partition coefficient (Wildman–Crippen LogP) is 5.67. The minimum absolute atomic E-state index is 0.223. The first-order valence-corrected chi connectivity index (χ1v) is 15.5. The Bertz CT molecular complexity index is 1700. The number of pyridine rings is 2.